The van der Waals surface area contributed by atoms with E-state index in [0.29, 0.717) is 24.9 Å². The van der Waals surface area contributed by atoms with E-state index >= 15 is 0 Å². The highest BCUT2D eigenvalue weighted by Crippen LogP contribution is 2.26. The van der Waals surface area contributed by atoms with Gasteiger partial charge in [-0.2, -0.15) is 0 Å². The minimum absolute atomic E-state index is 0.380. The fourth-order valence-electron chi connectivity index (χ4n) is 3.92. The molecule has 0 bridgehead atoms. The fourth-order valence-corrected chi connectivity index (χ4v) is 3.92. The first-order valence-electron chi connectivity index (χ1n) is 9.22. The molecule has 3 rings (SSSR count). The van der Waals surface area contributed by atoms with Crippen molar-refractivity contribution in [2.45, 2.75) is 31.5 Å². The lowest BCUT2D eigenvalue weighted by Crippen LogP contribution is -2.68. The Morgan fingerprint density at radius 3 is 2.27 bits per heavy atom. The smallest absolute Gasteiger partial charge is 0.372 e. The lowest BCUT2D eigenvalue weighted by atomic mass is 10.0. The third-order valence-electron chi connectivity index (χ3n) is 5.36. The number of aliphatic carboxylic acids is 1. The van der Waals surface area contributed by atoms with Crippen LogP contribution in [0.4, 0.5) is 0 Å². The summed E-state index contributed by atoms with van der Waals surface area (Å²) in [5.41, 5.74) is -1.97. The maximum atomic E-state index is 12.4. The summed E-state index contributed by atoms with van der Waals surface area (Å²) in [5.74, 6) is -1.39. The highest BCUT2D eigenvalue weighted by Gasteiger charge is 2.53. The number of carbonyl (C=O) groups excluding carboxylic acids is 1. The molecule has 7 heteroatoms. The van der Waals surface area contributed by atoms with Gasteiger partial charge in [-0.25, -0.2) is 9.69 Å². The Morgan fingerprint density at radius 1 is 1.12 bits per heavy atom. The first-order chi connectivity index (χ1) is 12.5. The minimum Gasteiger partial charge on any atom is -0.477 e. The number of ketones is 1. The zero-order valence-electron chi connectivity index (χ0n) is 15.2. The van der Waals surface area contributed by atoms with Crippen LogP contribution in [0.15, 0.2) is 30.3 Å². The number of piperidine rings is 1. The van der Waals surface area contributed by atoms with Crippen LogP contribution in [0.1, 0.15) is 19.8 Å². The molecule has 2 saturated heterocycles. The number of carboxylic acid groups (broad SMARTS) is 1. The van der Waals surface area contributed by atoms with Crippen molar-refractivity contribution in [1.29, 1.82) is 0 Å². The van der Waals surface area contributed by atoms with E-state index in [1.54, 1.807) is 29.2 Å². The number of ether oxygens (including phenoxy) is 1. The van der Waals surface area contributed by atoms with Crippen molar-refractivity contribution < 1.29 is 19.4 Å². The van der Waals surface area contributed by atoms with Gasteiger partial charge in [-0.05, 0) is 38.1 Å². The number of nitrogens with zero attached hydrogens (tertiary/aromatic N) is 2. The molecule has 0 amide bonds. The topological polar surface area (TPSA) is 82.1 Å². The standard InChI is InChI=1S/C19H27N3O4/c1-15(23)19(18(24)25,26-17-5-3-2-4-6-17)22-13-11-21(12-14-22)16-7-9-20-10-8-16/h2-6,16,20H,7-14H2,1H3,(H,24,25). The molecule has 0 spiro atoms. The van der Waals surface area contributed by atoms with E-state index in [9.17, 15) is 14.7 Å². The van der Waals surface area contributed by atoms with Crippen molar-refractivity contribution in [3.8, 4) is 5.75 Å². The third kappa shape index (κ3) is 3.75. The van der Waals surface area contributed by atoms with Gasteiger partial charge in [0.2, 0.25) is 5.78 Å². The highest BCUT2D eigenvalue weighted by molar-refractivity contribution is 6.05. The number of rotatable bonds is 6. The molecule has 2 fully saturated rings. The van der Waals surface area contributed by atoms with Gasteiger partial charge in [-0.1, -0.05) is 18.2 Å². The van der Waals surface area contributed by atoms with Crippen LogP contribution in [0.2, 0.25) is 0 Å². The van der Waals surface area contributed by atoms with E-state index in [2.05, 4.69) is 10.2 Å². The quantitative estimate of drug-likeness (QED) is 0.726. The number of piperazine rings is 1. The predicted molar refractivity (Wildman–Crippen MR) is 97.2 cm³/mol. The average Bonchev–Trinajstić information content (AvgIpc) is 2.67. The van der Waals surface area contributed by atoms with Crippen LogP contribution in [0, 0.1) is 0 Å². The monoisotopic (exact) mass is 361 g/mol. The molecule has 2 heterocycles. The summed E-state index contributed by atoms with van der Waals surface area (Å²) in [4.78, 5) is 28.6. The summed E-state index contributed by atoms with van der Waals surface area (Å²) in [7, 11) is 0. The summed E-state index contributed by atoms with van der Waals surface area (Å²) in [6, 6.07) is 9.22. The number of para-hydroxylation sites is 1. The number of hydrogen-bond acceptors (Lipinski definition) is 6. The van der Waals surface area contributed by atoms with Crippen LogP contribution < -0.4 is 10.1 Å². The second kappa shape index (κ2) is 8.16. The van der Waals surface area contributed by atoms with Gasteiger partial charge in [0.25, 0.3) is 0 Å². The van der Waals surface area contributed by atoms with Crippen molar-refractivity contribution >= 4 is 11.8 Å². The van der Waals surface area contributed by atoms with E-state index in [4.69, 9.17) is 4.74 Å². The molecular weight excluding hydrogens is 334 g/mol. The molecule has 1 unspecified atom stereocenters. The molecule has 1 aromatic carbocycles. The number of nitrogens with one attached hydrogen (secondary N) is 1. The molecule has 7 nitrogen and oxygen atoms in total. The summed E-state index contributed by atoms with van der Waals surface area (Å²) >= 11 is 0. The van der Waals surface area contributed by atoms with Crippen LogP contribution in [-0.4, -0.2) is 77.7 Å². The van der Waals surface area contributed by atoms with E-state index < -0.39 is 17.5 Å². The van der Waals surface area contributed by atoms with Crippen LogP contribution in [0.3, 0.4) is 0 Å². The van der Waals surface area contributed by atoms with Gasteiger partial charge in [-0.15, -0.1) is 0 Å². The van der Waals surface area contributed by atoms with Crippen molar-refractivity contribution in [2.24, 2.45) is 0 Å². The number of carbonyl (C=O) groups is 2. The van der Waals surface area contributed by atoms with Gasteiger partial charge < -0.3 is 15.2 Å². The molecule has 1 atom stereocenters. The zero-order valence-corrected chi connectivity index (χ0v) is 15.2. The molecule has 0 saturated carbocycles. The van der Waals surface area contributed by atoms with Crippen LogP contribution >= 0.6 is 0 Å². The zero-order chi connectivity index (χ0) is 18.6. The Kier molecular flexibility index (Phi) is 5.90. The van der Waals surface area contributed by atoms with Crippen LogP contribution in [0.25, 0.3) is 0 Å². The highest BCUT2D eigenvalue weighted by atomic mass is 16.6. The Labute approximate surface area is 153 Å². The van der Waals surface area contributed by atoms with E-state index in [1.165, 1.54) is 6.92 Å². The van der Waals surface area contributed by atoms with E-state index in [0.717, 1.165) is 39.0 Å². The Morgan fingerprint density at radius 2 is 1.73 bits per heavy atom. The maximum absolute atomic E-state index is 12.4. The van der Waals surface area contributed by atoms with Crippen molar-refractivity contribution in [3.63, 3.8) is 0 Å². The van der Waals surface area contributed by atoms with Gasteiger partial charge in [0, 0.05) is 39.1 Å². The van der Waals surface area contributed by atoms with Gasteiger partial charge in [0.1, 0.15) is 5.75 Å². The van der Waals surface area contributed by atoms with Gasteiger partial charge in [0.15, 0.2) is 0 Å². The second-order valence-electron chi connectivity index (χ2n) is 6.92. The molecule has 1 aromatic rings. The van der Waals surface area contributed by atoms with E-state index in [1.807, 2.05) is 6.07 Å². The molecule has 0 radical (unpaired) electrons. The molecule has 0 aromatic heterocycles. The molecule has 26 heavy (non-hydrogen) atoms. The van der Waals surface area contributed by atoms with Crippen LogP contribution in [0.5, 0.6) is 5.75 Å². The van der Waals surface area contributed by atoms with Crippen LogP contribution in [-0.2, 0) is 9.59 Å². The molecule has 0 aliphatic carbocycles. The maximum Gasteiger partial charge on any atom is 0.372 e. The van der Waals surface area contributed by atoms with E-state index in [-0.39, 0.29) is 0 Å². The number of hydrogen-bond donors (Lipinski definition) is 2. The lowest BCUT2D eigenvalue weighted by molar-refractivity contribution is -0.184. The molecular formula is C19H27N3O4. The lowest BCUT2D eigenvalue weighted by Gasteiger charge is -2.45. The summed E-state index contributed by atoms with van der Waals surface area (Å²) in [6.07, 6.45) is 2.22. The average molecular weight is 361 g/mol. The normalized spacial score (nSPS) is 22.5. The largest absolute Gasteiger partial charge is 0.477 e. The van der Waals surface area contributed by atoms with Crippen molar-refractivity contribution in [1.82, 2.24) is 15.1 Å². The van der Waals surface area contributed by atoms with Gasteiger partial charge in [0.05, 0.1) is 0 Å². The Hall–Kier alpha value is -1.96. The first kappa shape index (κ1) is 18.8. The second-order valence-corrected chi connectivity index (χ2v) is 6.92. The predicted octanol–water partition coefficient (Wildman–Crippen LogP) is 0.805. The van der Waals surface area contributed by atoms with Gasteiger partial charge >= 0.3 is 11.7 Å². The molecule has 2 aliphatic heterocycles. The number of benzene rings is 1. The SMILES string of the molecule is CC(=O)C(Oc1ccccc1)(C(=O)O)N1CCN(C2CCNCC2)CC1. The molecule has 142 valence electrons. The number of carboxylic acids is 1. The number of Topliss-reactive ketones (excluding diaryl/α,β-unsaturated/α-hetero) is 1. The van der Waals surface area contributed by atoms with Crippen molar-refractivity contribution in [2.75, 3.05) is 39.3 Å². The fraction of sp³-hybridized carbons (Fsp3) is 0.579. The first-order valence-corrected chi connectivity index (χ1v) is 9.22. The summed E-state index contributed by atoms with van der Waals surface area (Å²) < 4.78 is 5.79. The molecule has 2 N–H and O–H groups in total. The molecule has 2 aliphatic rings. The Balaban J connectivity index is 1.75. The van der Waals surface area contributed by atoms with Gasteiger partial charge in [-0.3, -0.25) is 9.69 Å². The third-order valence-corrected chi connectivity index (χ3v) is 5.36. The summed E-state index contributed by atoms with van der Waals surface area (Å²) in [6.45, 7) is 5.79. The minimum atomic E-state index is -1.97. The Bertz CT molecular complexity index is 609. The summed E-state index contributed by atoms with van der Waals surface area (Å²) in [5, 5.41) is 13.3. The van der Waals surface area contributed by atoms with Crippen molar-refractivity contribution in [3.05, 3.63) is 30.3 Å².